The van der Waals surface area contributed by atoms with E-state index in [-0.39, 0.29) is 6.79 Å². The molecule has 2 unspecified atom stereocenters. The largest absolute Gasteiger partial charge is 0.481 e. The van der Waals surface area contributed by atoms with Crippen molar-refractivity contribution in [3.63, 3.8) is 0 Å². The second kappa shape index (κ2) is 5.09. The van der Waals surface area contributed by atoms with Crippen molar-refractivity contribution in [2.24, 2.45) is 5.92 Å². The highest BCUT2D eigenvalue weighted by Crippen LogP contribution is 2.33. The maximum atomic E-state index is 10.9. The van der Waals surface area contributed by atoms with Gasteiger partial charge in [0.1, 0.15) is 0 Å². The zero-order valence-electron chi connectivity index (χ0n) is 11.0. The van der Waals surface area contributed by atoms with Gasteiger partial charge in [-0.25, -0.2) is 0 Å². The molecule has 0 bridgehead atoms. The number of aliphatic hydroxyl groups is 1. The first-order valence-electron chi connectivity index (χ1n) is 6.24. The quantitative estimate of drug-likeness (QED) is 0.850. The standard InChI is InChI=1S/C14H18O5/c1-9(13(15)16)14(2,17)6-5-10-3-4-11-12(7-10)19-8-18-11/h3-4,7,9,17H,5-6,8H2,1-2H3,(H,15,16). The molecule has 1 aromatic carbocycles. The van der Waals surface area contributed by atoms with E-state index in [1.807, 2.05) is 18.2 Å². The Morgan fingerprint density at radius 2 is 2.11 bits per heavy atom. The molecule has 0 fully saturated rings. The third-order valence-electron chi connectivity index (χ3n) is 3.66. The van der Waals surface area contributed by atoms with Crippen LogP contribution in [0.25, 0.3) is 0 Å². The summed E-state index contributed by atoms with van der Waals surface area (Å²) in [7, 11) is 0. The van der Waals surface area contributed by atoms with Gasteiger partial charge < -0.3 is 19.7 Å². The average Bonchev–Trinajstić information content (AvgIpc) is 2.82. The van der Waals surface area contributed by atoms with E-state index in [1.54, 1.807) is 6.92 Å². The van der Waals surface area contributed by atoms with Gasteiger partial charge in [0.05, 0.1) is 11.5 Å². The monoisotopic (exact) mass is 266 g/mol. The number of fused-ring (bicyclic) bond motifs is 1. The molecule has 0 saturated carbocycles. The van der Waals surface area contributed by atoms with Crippen molar-refractivity contribution in [1.29, 1.82) is 0 Å². The van der Waals surface area contributed by atoms with Crippen LogP contribution in [0.4, 0.5) is 0 Å². The molecule has 1 aliphatic heterocycles. The summed E-state index contributed by atoms with van der Waals surface area (Å²) in [6.45, 7) is 3.30. The van der Waals surface area contributed by atoms with Crippen molar-refractivity contribution >= 4 is 5.97 Å². The average molecular weight is 266 g/mol. The number of carboxylic acids is 1. The maximum absolute atomic E-state index is 10.9. The zero-order chi connectivity index (χ0) is 14.0. The molecular formula is C14H18O5. The molecule has 5 heteroatoms. The van der Waals surface area contributed by atoms with Crippen LogP contribution in [-0.4, -0.2) is 28.6 Å². The number of aryl methyl sites for hydroxylation is 1. The molecule has 0 saturated heterocycles. The van der Waals surface area contributed by atoms with Crippen LogP contribution in [-0.2, 0) is 11.2 Å². The highest BCUT2D eigenvalue weighted by atomic mass is 16.7. The highest BCUT2D eigenvalue weighted by Gasteiger charge is 2.33. The Hall–Kier alpha value is -1.75. The first kappa shape index (κ1) is 13.7. The SMILES string of the molecule is CC(C(=O)O)C(C)(O)CCc1ccc2c(c1)OCO2. The summed E-state index contributed by atoms with van der Waals surface area (Å²) in [4.78, 5) is 10.9. The molecule has 1 aromatic rings. The van der Waals surface area contributed by atoms with Gasteiger partial charge in [0.25, 0.3) is 0 Å². The predicted octanol–water partition coefficient (Wildman–Crippen LogP) is 1.82. The third kappa shape index (κ3) is 2.98. The Kier molecular flexibility index (Phi) is 3.66. The van der Waals surface area contributed by atoms with Crippen molar-refractivity contribution < 1.29 is 24.5 Å². The fraction of sp³-hybridized carbons (Fsp3) is 0.500. The van der Waals surface area contributed by atoms with Gasteiger partial charge in [0.2, 0.25) is 6.79 Å². The normalized spacial score (nSPS) is 17.8. The highest BCUT2D eigenvalue weighted by molar-refractivity contribution is 5.70. The lowest BCUT2D eigenvalue weighted by molar-refractivity contribution is -0.150. The van der Waals surface area contributed by atoms with E-state index >= 15 is 0 Å². The van der Waals surface area contributed by atoms with Crippen LogP contribution >= 0.6 is 0 Å². The summed E-state index contributed by atoms with van der Waals surface area (Å²) >= 11 is 0. The minimum atomic E-state index is -1.23. The van der Waals surface area contributed by atoms with Crippen LogP contribution < -0.4 is 9.47 Å². The summed E-state index contributed by atoms with van der Waals surface area (Å²) in [5.41, 5.74) is -0.246. The molecule has 0 radical (unpaired) electrons. The van der Waals surface area contributed by atoms with E-state index in [0.717, 1.165) is 11.3 Å². The Labute approximate surface area is 111 Å². The summed E-state index contributed by atoms with van der Waals surface area (Å²) in [6.07, 6.45) is 0.960. The van der Waals surface area contributed by atoms with Crippen LogP contribution in [0.3, 0.4) is 0 Å². The first-order valence-corrected chi connectivity index (χ1v) is 6.24. The lowest BCUT2D eigenvalue weighted by Crippen LogP contribution is -2.38. The lowest BCUT2D eigenvalue weighted by atomic mass is 9.85. The molecular weight excluding hydrogens is 248 g/mol. The lowest BCUT2D eigenvalue weighted by Gasteiger charge is -2.27. The van der Waals surface area contributed by atoms with Crippen LogP contribution in [0.5, 0.6) is 11.5 Å². The molecule has 0 amide bonds. The second-order valence-corrected chi connectivity index (χ2v) is 5.10. The Bertz CT molecular complexity index is 481. The van der Waals surface area contributed by atoms with Gasteiger partial charge in [-0.15, -0.1) is 0 Å². The molecule has 5 nitrogen and oxygen atoms in total. The maximum Gasteiger partial charge on any atom is 0.309 e. The minimum absolute atomic E-state index is 0.229. The second-order valence-electron chi connectivity index (χ2n) is 5.10. The number of benzene rings is 1. The summed E-state index contributed by atoms with van der Waals surface area (Å²) in [5, 5.41) is 19.1. The number of ether oxygens (including phenoxy) is 2. The minimum Gasteiger partial charge on any atom is -0.481 e. The Morgan fingerprint density at radius 3 is 2.79 bits per heavy atom. The number of carbonyl (C=O) groups is 1. The molecule has 0 aliphatic carbocycles. The van der Waals surface area contributed by atoms with Crippen LogP contribution in [0.2, 0.25) is 0 Å². The third-order valence-corrected chi connectivity index (χ3v) is 3.66. The van der Waals surface area contributed by atoms with Gasteiger partial charge in [-0.2, -0.15) is 0 Å². The van der Waals surface area contributed by atoms with Crippen molar-refractivity contribution in [2.75, 3.05) is 6.79 Å². The summed E-state index contributed by atoms with van der Waals surface area (Å²) in [6, 6.07) is 5.59. The first-order chi connectivity index (χ1) is 8.90. The van der Waals surface area contributed by atoms with Gasteiger partial charge in [0.15, 0.2) is 11.5 Å². The van der Waals surface area contributed by atoms with Crippen molar-refractivity contribution in [3.05, 3.63) is 23.8 Å². The van der Waals surface area contributed by atoms with E-state index in [0.29, 0.717) is 18.6 Å². The summed E-state index contributed by atoms with van der Waals surface area (Å²) < 4.78 is 10.5. The number of hydrogen-bond acceptors (Lipinski definition) is 4. The number of aliphatic carboxylic acids is 1. The topological polar surface area (TPSA) is 76.0 Å². The Balaban J connectivity index is 2.00. The molecule has 2 N–H and O–H groups in total. The predicted molar refractivity (Wildman–Crippen MR) is 68.3 cm³/mol. The molecule has 2 atom stereocenters. The van der Waals surface area contributed by atoms with Gasteiger partial charge in [-0.3, -0.25) is 4.79 Å². The van der Waals surface area contributed by atoms with Crippen molar-refractivity contribution in [1.82, 2.24) is 0 Å². The smallest absolute Gasteiger partial charge is 0.309 e. The molecule has 1 aliphatic rings. The van der Waals surface area contributed by atoms with Crippen molar-refractivity contribution in [2.45, 2.75) is 32.3 Å². The Morgan fingerprint density at radius 1 is 1.42 bits per heavy atom. The van der Waals surface area contributed by atoms with E-state index in [9.17, 15) is 9.90 Å². The molecule has 0 spiro atoms. The molecule has 0 aromatic heterocycles. The fourth-order valence-corrected chi connectivity index (χ4v) is 1.98. The molecule has 2 rings (SSSR count). The number of rotatable bonds is 5. The van der Waals surface area contributed by atoms with Crippen LogP contribution in [0.1, 0.15) is 25.8 Å². The van der Waals surface area contributed by atoms with Gasteiger partial charge >= 0.3 is 5.97 Å². The molecule has 1 heterocycles. The number of hydrogen-bond donors (Lipinski definition) is 2. The van der Waals surface area contributed by atoms with Crippen LogP contribution in [0, 0.1) is 5.92 Å². The van der Waals surface area contributed by atoms with E-state index in [2.05, 4.69) is 0 Å². The van der Waals surface area contributed by atoms with Crippen molar-refractivity contribution in [3.8, 4) is 11.5 Å². The number of carboxylic acid groups (broad SMARTS) is 1. The van der Waals surface area contributed by atoms with Gasteiger partial charge in [0, 0.05) is 0 Å². The van der Waals surface area contributed by atoms with E-state index < -0.39 is 17.5 Å². The fourth-order valence-electron chi connectivity index (χ4n) is 1.98. The molecule has 104 valence electrons. The van der Waals surface area contributed by atoms with E-state index in [1.165, 1.54) is 6.92 Å². The zero-order valence-corrected chi connectivity index (χ0v) is 11.0. The van der Waals surface area contributed by atoms with E-state index in [4.69, 9.17) is 14.6 Å². The van der Waals surface area contributed by atoms with Crippen LogP contribution in [0.15, 0.2) is 18.2 Å². The van der Waals surface area contributed by atoms with Gasteiger partial charge in [-0.1, -0.05) is 6.07 Å². The molecule has 19 heavy (non-hydrogen) atoms. The van der Waals surface area contributed by atoms with Gasteiger partial charge in [-0.05, 0) is 44.4 Å². The summed E-state index contributed by atoms with van der Waals surface area (Å²) in [5.74, 6) is -0.380.